The van der Waals surface area contributed by atoms with Gasteiger partial charge in [-0.15, -0.1) is 0 Å². The van der Waals surface area contributed by atoms with Gasteiger partial charge in [0.1, 0.15) is 11.5 Å². The van der Waals surface area contributed by atoms with Gasteiger partial charge in [0.2, 0.25) is 10.9 Å². The van der Waals surface area contributed by atoms with Gasteiger partial charge in [-0.1, -0.05) is 59.5 Å². The zero-order valence-corrected chi connectivity index (χ0v) is 22.7. The first kappa shape index (κ1) is 27.8. The molecule has 0 bridgehead atoms. The minimum Gasteiger partial charge on any atom is -0.467 e. The lowest BCUT2D eigenvalue weighted by molar-refractivity contribution is 0.260. The van der Waals surface area contributed by atoms with E-state index in [9.17, 15) is 9.59 Å². The lowest BCUT2D eigenvalue weighted by Gasteiger charge is -2.20. The van der Waals surface area contributed by atoms with Crippen LogP contribution in [-0.4, -0.2) is 0 Å². The van der Waals surface area contributed by atoms with Gasteiger partial charge in [-0.3, -0.25) is 9.59 Å². The van der Waals surface area contributed by atoms with Crippen molar-refractivity contribution in [3.8, 4) is 0 Å². The van der Waals surface area contributed by atoms with E-state index in [1.165, 1.54) is 0 Å². The molecule has 1 aliphatic heterocycles. The van der Waals surface area contributed by atoms with Gasteiger partial charge < -0.3 is 4.74 Å². The van der Waals surface area contributed by atoms with Crippen molar-refractivity contribution in [3.63, 3.8) is 0 Å². The third-order valence-electron chi connectivity index (χ3n) is 6.69. The fourth-order valence-corrected chi connectivity index (χ4v) is 4.53. The molecule has 36 heavy (non-hydrogen) atoms. The molecule has 1 aromatic carbocycles. The predicted molar refractivity (Wildman–Crippen MR) is 149 cm³/mol. The fourth-order valence-electron chi connectivity index (χ4n) is 4.53. The number of allylic oxidation sites excluding steroid dienone is 4. The summed E-state index contributed by atoms with van der Waals surface area (Å²) in [7, 11) is 0. The zero-order chi connectivity index (χ0) is 25.9. The molecule has 4 heteroatoms. The first-order chi connectivity index (χ1) is 17.5. The standard InChI is InChI=1S/C32H43O4/c1-5-9-13-25-17-23(18-26(35-25)14-10-6-2)21-29-31(33)30(32(29)34)22-24-19-27(15-11-7-3)36-28(20-24)16-12-8-4/h17-23H,5-16H2,1-4H3/q+1. The molecular formula is C32H43O4+. The number of ether oxygens (including phenoxy) is 1. The Balaban J connectivity index is 1.93. The van der Waals surface area contributed by atoms with Crippen LogP contribution in [-0.2, 0) is 17.6 Å². The van der Waals surface area contributed by atoms with Crippen LogP contribution >= 0.6 is 0 Å². The molecule has 4 nitrogen and oxygen atoms in total. The van der Waals surface area contributed by atoms with E-state index < -0.39 is 0 Å². The van der Waals surface area contributed by atoms with E-state index in [2.05, 4.69) is 39.8 Å². The van der Waals surface area contributed by atoms with Crippen LogP contribution in [0.5, 0.6) is 0 Å². The quantitative estimate of drug-likeness (QED) is 0.293. The minimum absolute atomic E-state index is 0.0845. The Morgan fingerprint density at radius 2 is 1.19 bits per heavy atom. The molecule has 0 saturated heterocycles. The second kappa shape index (κ2) is 14.1. The van der Waals surface area contributed by atoms with E-state index in [1.807, 2.05) is 18.2 Å². The van der Waals surface area contributed by atoms with Crippen molar-refractivity contribution in [2.75, 3.05) is 0 Å². The van der Waals surface area contributed by atoms with Gasteiger partial charge in [0.15, 0.2) is 0 Å². The molecule has 2 heterocycles. The maximum absolute atomic E-state index is 13.0. The summed E-state index contributed by atoms with van der Waals surface area (Å²) in [4.78, 5) is 26.0. The van der Waals surface area contributed by atoms with Crippen molar-refractivity contribution >= 4 is 12.2 Å². The average Bonchev–Trinajstić information content (AvgIpc) is 2.89. The van der Waals surface area contributed by atoms with Gasteiger partial charge in [-0.2, -0.15) is 0 Å². The normalized spacial score (nSPS) is 13.9. The molecular weight excluding hydrogens is 448 g/mol. The lowest BCUT2D eigenvalue weighted by atomic mass is 9.98. The van der Waals surface area contributed by atoms with Crippen LogP contribution in [0.3, 0.4) is 0 Å². The number of hydrogen-bond donors (Lipinski definition) is 0. The molecule has 0 unspecified atom stereocenters. The van der Waals surface area contributed by atoms with Crippen LogP contribution in [0.2, 0.25) is 0 Å². The Labute approximate surface area is 215 Å². The summed E-state index contributed by atoms with van der Waals surface area (Å²) in [6, 6.07) is 3.95. The van der Waals surface area contributed by atoms with Crippen LogP contribution in [0.4, 0.5) is 0 Å². The Morgan fingerprint density at radius 1 is 0.722 bits per heavy atom. The molecule has 0 N–H and O–H groups in total. The van der Waals surface area contributed by atoms with Crippen LogP contribution in [0, 0.1) is 5.92 Å². The van der Waals surface area contributed by atoms with Crippen molar-refractivity contribution in [1.82, 2.24) is 0 Å². The summed E-state index contributed by atoms with van der Waals surface area (Å²) in [6.07, 6.45) is 19.8. The summed E-state index contributed by atoms with van der Waals surface area (Å²) < 4.78 is 12.2. The van der Waals surface area contributed by atoms with Crippen molar-refractivity contribution < 1.29 is 9.15 Å². The molecule has 1 aromatic heterocycles. The van der Waals surface area contributed by atoms with Crippen LogP contribution < -0.4 is 21.3 Å². The van der Waals surface area contributed by atoms with Gasteiger partial charge in [0, 0.05) is 30.9 Å². The number of aryl methyl sites for hydroxylation is 2. The van der Waals surface area contributed by atoms with E-state index in [1.54, 1.807) is 6.08 Å². The fraction of sp³-hybridized carbons (Fsp3) is 0.531. The van der Waals surface area contributed by atoms with E-state index in [0.29, 0.717) is 5.22 Å². The Hall–Kier alpha value is -2.75. The van der Waals surface area contributed by atoms with Crippen molar-refractivity contribution in [2.45, 2.75) is 105 Å². The molecule has 0 atom stereocenters. The molecule has 194 valence electrons. The maximum Gasteiger partial charge on any atom is 0.330 e. The van der Waals surface area contributed by atoms with Gasteiger partial charge in [-0.25, -0.2) is 4.42 Å². The molecule has 2 aromatic rings. The molecule has 0 radical (unpaired) electrons. The second-order valence-electron chi connectivity index (χ2n) is 9.98. The van der Waals surface area contributed by atoms with Crippen molar-refractivity contribution in [2.24, 2.45) is 5.92 Å². The smallest absolute Gasteiger partial charge is 0.330 e. The van der Waals surface area contributed by atoms with Gasteiger partial charge >= 0.3 is 11.5 Å². The zero-order valence-electron chi connectivity index (χ0n) is 22.7. The Kier molecular flexibility index (Phi) is 10.9. The maximum atomic E-state index is 13.0. The SMILES string of the molecule is CCCCC1=CC(C=c2c(=O)c(=Cc3cc(CCCC)[o+]c(CCCC)c3)c2=O)C=C(CCCC)O1. The summed E-state index contributed by atoms with van der Waals surface area (Å²) in [5.74, 6) is 3.66. The molecule has 1 aliphatic rings. The molecule has 0 amide bonds. The minimum atomic E-state index is -0.162. The number of hydrogen-bond acceptors (Lipinski definition) is 3. The Bertz CT molecular complexity index is 1170. The van der Waals surface area contributed by atoms with Crippen LogP contribution in [0.15, 0.2) is 49.8 Å². The summed E-state index contributed by atoms with van der Waals surface area (Å²) >= 11 is 0. The summed E-state index contributed by atoms with van der Waals surface area (Å²) in [5, 5.41) is 0.566. The van der Waals surface area contributed by atoms with Gasteiger partial charge in [0.25, 0.3) is 0 Å². The highest BCUT2D eigenvalue weighted by Crippen LogP contribution is 2.27. The Morgan fingerprint density at radius 3 is 1.67 bits per heavy atom. The second-order valence-corrected chi connectivity index (χ2v) is 9.98. The van der Waals surface area contributed by atoms with Gasteiger partial charge in [-0.05, 0) is 49.5 Å². The molecule has 0 saturated carbocycles. The summed E-state index contributed by atoms with van der Waals surface area (Å²) in [6.45, 7) is 8.64. The number of rotatable bonds is 14. The predicted octanol–water partition coefficient (Wildman–Crippen LogP) is 6.25. The topological polar surface area (TPSA) is 54.7 Å². The third kappa shape index (κ3) is 7.62. The van der Waals surface area contributed by atoms with E-state index >= 15 is 0 Å². The van der Waals surface area contributed by atoms with Crippen LogP contribution in [0.25, 0.3) is 12.2 Å². The molecule has 0 fully saturated rings. The van der Waals surface area contributed by atoms with E-state index in [4.69, 9.17) is 9.15 Å². The average molecular weight is 492 g/mol. The van der Waals surface area contributed by atoms with Crippen molar-refractivity contribution in [3.05, 3.63) is 83.8 Å². The third-order valence-corrected chi connectivity index (χ3v) is 6.69. The molecule has 3 rings (SSSR count). The highest BCUT2D eigenvalue weighted by atomic mass is 16.5. The highest BCUT2D eigenvalue weighted by Gasteiger charge is 2.18. The van der Waals surface area contributed by atoms with E-state index in [-0.39, 0.29) is 22.0 Å². The van der Waals surface area contributed by atoms with Gasteiger partial charge in [0.05, 0.1) is 23.3 Å². The lowest BCUT2D eigenvalue weighted by Crippen LogP contribution is -2.64. The monoisotopic (exact) mass is 491 g/mol. The van der Waals surface area contributed by atoms with E-state index in [0.717, 1.165) is 106 Å². The first-order valence-electron chi connectivity index (χ1n) is 14.1. The molecule has 0 aliphatic carbocycles. The van der Waals surface area contributed by atoms with Crippen molar-refractivity contribution in [1.29, 1.82) is 0 Å². The number of unbranched alkanes of at least 4 members (excludes halogenated alkanes) is 4. The highest BCUT2D eigenvalue weighted by molar-refractivity contribution is 5.52. The van der Waals surface area contributed by atoms with Crippen LogP contribution in [0.1, 0.15) is 109 Å². The summed E-state index contributed by atoms with van der Waals surface area (Å²) in [5.41, 5.74) is 0.554. The first-order valence-corrected chi connectivity index (χ1v) is 14.1. The molecule has 0 spiro atoms. The largest absolute Gasteiger partial charge is 0.467 e.